The number of hydrogen-bond acceptors (Lipinski definition) is 6. The van der Waals surface area contributed by atoms with Gasteiger partial charge in [0.05, 0.1) is 24.0 Å². The van der Waals surface area contributed by atoms with Crippen LogP contribution < -0.4 is 15.8 Å². The Bertz CT molecular complexity index is 1160. The van der Waals surface area contributed by atoms with E-state index in [1.807, 2.05) is 0 Å². The Hall–Kier alpha value is -3.70. The van der Waals surface area contributed by atoms with Gasteiger partial charge in [0.2, 0.25) is 0 Å². The summed E-state index contributed by atoms with van der Waals surface area (Å²) in [5, 5.41) is 16.2. The molecule has 0 spiro atoms. The minimum atomic E-state index is -4.66. The fourth-order valence-corrected chi connectivity index (χ4v) is 3.90. The lowest BCUT2D eigenvalue weighted by atomic mass is 9.97. The second-order valence-corrected chi connectivity index (χ2v) is 7.52. The number of fused-ring (bicyclic) bond motifs is 1. The first-order chi connectivity index (χ1) is 15.2. The first-order valence-electron chi connectivity index (χ1n) is 9.80. The molecule has 1 aliphatic heterocycles. The molecular weight excluding hydrogens is 429 g/mol. The molecule has 4 N–H and O–H groups in total. The molecule has 32 heavy (non-hydrogen) atoms. The van der Waals surface area contributed by atoms with Crippen LogP contribution >= 0.6 is 0 Å². The van der Waals surface area contributed by atoms with Crippen molar-refractivity contribution < 1.29 is 27.8 Å². The average Bonchev–Trinajstić information content (AvgIpc) is 3.22. The number of nitrogen functional groups attached to an aromatic ring is 1. The second-order valence-electron chi connectivity index (χ2n) is 7.52. The number of nitrogens with two attached hydrogens (primary N) is 1. The molecule has 1 amide bonds. The van der Waals surface area contributed by atoms with E-state index in [-0.39, 0.29) is 40.8 Å². The number of aromatic nitrogens is 3. The molecule has 1 fully saturated rings. The van der Waals surface area contributed by atoms with Crippen LogP contribution in [0.3, 0.4) is 0 Å². The van der Waals surface area contributed by atoms with Gasteiger partial charge in [0, 0.05) is 30.9 Å². The zero-order valence-corrected chi connectivity index (χ0v) is 17.1. The molecule has 1 aliphatic rings. The van der Waals surface area contributed by atoms with E-state index in [9.17, 15) is 23.1 Å². The third kappa shape index (κ3) is 4.07. The molecule has 0 radical (unpaired) electrons. The lowest BCUT2D eigenvalue weighted by Crippen LogP contribution is -2.44. The maximum absolute atomic E-state index is 14.0. The number of hydrogen-bond donors (Lipinski definition) is 3. The Balaban J connectivity index is 1.75. The highest BCUT2D eigenvalue weighted by Crippen LogP contribution is 2.42. The van der Waals surface area contributed by atoms with E-state index in [1.54, 1.807) is 0 Å². The number of ether oxygens (including phenoxy) is 1. The summed E-state index contributed by atoms with van der Waals surface area (Å²) in [6, 6.07) is 3.32. The number of pyridine rings is 1. The third-order valence-corrected chi connectivity index (χ3v) is 5.42. The highest BCUT2D eigenvalue weighted by atomic mass is 19.4. The summed E-state index contributed by atoms with van der Waals surface area (Å²) in [5.41, 5.74) is 5.89. The van der Waals surface area contributed by atoms with Crippen LogP contribution in [0.15, 0.2) is 30.7 Å². The van der Waals surface area contributed by atoms with Crippen LogP contribution in [0.2, 0.25) is 0 Å². The number of piperidine rings is 1. The van der Waals surface area contributed by atoms with Gasteiger partial charge in [-0.2, -0.15) is 18.3 Å². The number of nitrogens with zero attached hydrogens (tertiary/aromatic N) is 4. The maximum Gasteiger partial charge on any atom is 0.417 e. The summed E-state index contributed by atoms with van der Waals surface area (Å²) >= 11 is 0. The van der Waals surface area contributed by atoms with Crippen molar-refractivity contribution in [3.8, 4) is 16.9 Å². The van der Waals surface area contributed by atoms with Gasteiger partial charge in [0.1, 0.15) is 6.33 Å². The largest absolute Gasteiger partial charge is 0.493 e. The van der Waals surface area contributed by atoms with Gasteiger partial charge in [0.25, 0.3) is 0 Å². The number of nitrogens with one attached hydrogen (secondary N) is 1. The molecule has 1 atom stereocenters. The van der Waals surface area contributed by atoms with E-state index >= 15 is 0 Å². The van der Waals surface area contributed by atoms with Crippen molar-refractivity contribution in [2.45, 2.75) is 25.1 Å². The first-order valence-corrected chi connectivity index (χ1v) is 9.80. The average molecular weight is 450 g/mol. The van der Waals surface area contributed by atoms with Gasteiger partial charge in [-0.25, -0.2) is 14.3 Å². The van der Waals surface area contributed by atoms with Crippen LogP contribution in [0, 0.1) is 0 Å². The van der Waals surface area contributed by atoms with E-state index in [2.05, 4.69) is 15.4 Å². The summed E-state index contributed by atoms with van der Waals surface area (Å²) in [5.74, 6) is 0.268. The van der Waals surface area contributed by atoms with E-state index in [1.165, 1.54) is 41.2 Å². The smallest absolute Gasteiger partial charge is 0.417 e. The van der Waals surface area contributed by atoms with E-state index in [0.29, 0.717) is 25.0 Å². The lowest BCUT2D eigenvalue weighted by molar-refractivity contribution is -0.137. The molecule has 4 rings (SSSR count). The van der Waals surface area contributed by atoms with E-state index in [4.69, 9.17) is 10.5 Å². The fraction of sp³-hybridized carbons (Fsp3) is 0.350. The summed E-state index contributed by atoms with van der Waals surface area (Å²) < 4.78 is 48.6. The quantitative estimate of drug-likeness (QED) is 0.520. The van der Waals surface area contributed by atoms with Crippen molar-refractivity contribution in [1.29, 1.82) is 0 Å². The van der Waals surface area contributed by atoms with E-state index < -0.39 is 17.8 Å². The molecule has 3 aromatic rings. The highest BCUT2D eigenvalue weighted by molar-refractivity contribution is 5.81. The monoisotopic (exact) mass is 450 g/mol. The number of carbonyl (C=O) groups is 1. The van der Waals surface area contributed by atoms with Gasteiger partial charge in [-0.05, 0) is 36.6 Å². The molecular formula is C20H21F3N6O3. The van der Waals surface area contributed by atoms with Gasteiger partial charge >= 0.3 is 12.3 Å². The standard InChI is InChI=1S/C20H21F3N6O3/c1-32-17-5-11(8-29-18(17)25-10-26-29)13-6-15(24)16(7-14(13)20(21,22)23)27-12-3-2-4-28(9-12)19(30)31/h5-8,10,12,27H,2-4,9,24H2,1H3,(H,30,31)/t12-/m1/s1. The normalized spacial score (nSPS) is 16.9. The van der Waals surface area contributed by atoms with Crippen molar-refractivity contribution in [2.75, 3.05) is 31.2 Å². The summed E-state index contributed by atoms with van der Waals surface area (Å²) in [4.78, 5) is 16.5. The van der Waals surface area contributed by atoms with Gasteiger partial charge in [-0.1, -0.05) is 0 Å². The number of halogens is 3. The number of benzene rings is 1. The molecule has 0 saturated carbocycles. The molecule has 3 heterocycles. The number of amides is 1. The Morgan fingerprint density at radius 1 is 1.34 bits per heavy atom. The van der Waals surface area contributed by atoms with Gasteiger partial charge in [0.15, 0.2) is 11.4 Å². The zero-order valence-electron chi connectivity index (χ0n) is 17.1. The van der Waals surface area contributed by atoms with Crippen LogP contribution in [-0.2, 0) is 6.18 Å². The number of likely N-dealkylation sites (tertiary alicyclic amines) is 1. The minimum Gasteiger partial charge on any atom is -0.493 e. The van der Waals surface area contributed by atoms with Crippen molar-refractivity contribution in [2.24, 2.45) is 0 Å². The van der Waals surface area contributed by atoms with Crippen molar-refractivity contribution in [3.63, 3.8) is 0 Å². The Labute approximate surface area is 180 Å². The minimum absolute atomic E-state index is 0.104. The Morgan fingerprint density at radius 2 is 2.12 bits per heavy atom. The molecule has 2 aromatic heterocycles. The van der Waals surface area contributed by atoms with Gasteiger partial charge < -0.3 is 25.8 Å². The van der Waals surface area contributed by atoms with Gasteiger partial charge in [-0.15, -0.1) is 0 Å². The molecule has 9 nitrogen and oxygen atoms in total. The Kier molecular flexibility index (Phi) is 5.45. The lowest BCUT2D eigenvalue weighted by Gasteiger charge is -2.32. The topological polar surface area (TPSA) is 118 Å². The van der Waals surface area contributed by atoms with Crippen molar-refractivity contribution in [1.82, 2.24) is 19.5 Å². The molecule has 0 unspecified atom stereocenters. The van der Waals surface area contributed by atoms with Crippen LogP contribution in [0.4, 0.5) is 29.3 Å². The number of carboxylic acid groups (broad SMARTS) is 1. The maximum atomic E-state index is 14.0. The van der Waals surface area contributed by atoms with Crippen LogP contribution in [-0.4, -0.2) is 56.9 Å². The molecule has 12 heteroatoms. The van der Waals surface area contributed by atoms with E-state index in [0.717, 1.165) is 6.07 Å². The fourth-order valence-electron chi connectivity index (χ4n) is 3.90. The highest BCUT2D eigenvalue weighted by Gasteiger charge is 2.35. The predicted octanol–water partition coefficient (Wildman–Crippen LogP) is 3.56. The zero-order chi connectivity index (χ0) is 23.0. The first kappa shape index (κ1) is 21.5. The van der Waals surface area contributed by atoms with Crippen LogP contribution in [0.1, 0.15) is 18.4 Å². The number of anilines is 2. The molecule has 170 valence electrons. The summed E-state index contributed by atoms with van der Waals surface area (Å²) in [7, 11) is 1.39. The SMILES string of the molecule is COc1cc(-c2cc(N)c(N[C@@H]3CCCN(C(=O)O)C3)cc2C(F)(F)F)cn2ncnc12. The second kappa shape index (κ2) is 8.09. The third-order valence-electron chi connectivity index (χ3n) is 5.42. The summed E-state index contributed by atoms with van der Waals surface area (Å²) in [6.45, 7) is 0.556. The van der Waals surface area contributed by atoms with Crippen LogP contribution in [0.5, 0.6) is 5.75 Å². The van der Waals surface area contributed by atoms with Crippen molar-refractivity contribution in [3.05, 3.63) is 36.3 Å². The number of alkyl halides is 3. The summed E-state index contributed by atoms with van der Waals surface area (Å²) in [6.07, 6.45) is -1.80. The van der Waals surface area contributed by atoms with Crippen molar-refractivity contribution >= 4 is 23.1 Å². The van der Waals surface area contributed by atoms with Gasteiger partial charge in [-0.3, -0.25) is 0 Å². The van der Waals surface area contributed by atoms with Crippen LogP contribution in [0.25, 0.3) is 16.8 Å². The Morgan fingerprint density at radius 3 is 2.81 bits per heavy atom. The molecule has 1 saturated heterocycles. The molecule has 0 bridgehead atoms. The molecule has 1 aromatic carbocycles. The number of rotatable bonds is 4. The predicted molar refractivity (Wildman–Crippen MR) is 111 cm³/mol. The number of methoxy groups -OCH3 is 1. The molecule has 0 aliphatic carbocycles.